The average molecular weight is 310 g/mol. The summed E-state index contributed by atoms with van der Waals surface area (Å²) in [5, 5.41) is 0. The van der Waals surface area contributed by atoms with Gasteiger partial charge in [0.2, 0.25) is 15.9 Å². The summed E-state index contributed by atoms with van der Waals surface area (Å²) in [6.07, 6.45) is 0.408. The number of aryl methyl sites for hydroxylation is 3. The Labute approximate surface area is 126 Å². The fourth-order valence-electron chi connectivity index (χ4n) is 2.98. The molecule has 0 spiro atoms. The number of amides is 1. The second-order valence-electron chi connectivity index (χ2n) is 5.92. The molecule has 1 fully saturated rings. The molecule has 1 aliphatic heterocycles. The van der Waals surface area contributed by atoms with Crippen molar-refractivity contribution in [3.63, 3.8) is 0 Å². The molecule has 1 unspecified atom stereocenters. The van der Waals surface area contributed by atoms with Crippen LogP contribution in [0.5, 0.6) is 0 Å². The van der Waals surface area contributed by atoms with E-state index >= 15 is 0 Å². The molecule has 1 aliphatic rings. The van der Waals surface area contributed by atoms with Gasteiger partial charge in [0.15, 0.2) is 0 Å². The SMILES string of the molecule is Cc1cc(C)c(S(=O)(=O)NCC2CC(=O)N(C)C2)c(C)c1. The van der Waals surface area contributed by atoms with Gasteiger partial charge in [-0.3, -0.25) is 4.79 Å². The molecule has 1 amide bonds. The maximum Gasteiger partial charge on any atom is 0.241 e. The predicted octanol–water partition coefficient (Wildman–Crippen LogP) is 1.37. The number of rotatable bonds is 4. The molecule has 116 valence electrons. The lowest BCUT2D eigenvalue weighted by Gasteiger charge is -2.15. The van der Waals surface area contributed by atoms with E-state index in [4.69, 9.17) is 0 Å². The highest BCUT2D eigenvalue weighted by molar-refractivity contribution is 7.89. The smallest absolute Gasteiger partial charge is 0.241 e. The Balaban J connectivity index is 2.15. The number of sulfonamides is 1. The van der Waals surface area contributed by atoms with Crippen molar-refractivity contribution in [2.24, 2.45) is 5.92 Å². The van der Waals surface area contributed by atoms with Gasteiger partial charge < -0.3 is 4.90 Å². The highest BCUT2D eigenvalue weighted by Gasteiger charge is 2.28. The number of carbonyl (C=O) groups is 1. The third-order valence-corrected chi connectivity index (χ3v) is 5.58. The third kappa shape index (κ3) is 3.44. The maximum absolute atomic E-state index is 12.5. The first-order valence-electron chi connectivity index (χ1n) is 7.02. The number of benzene rings is 1. The van der Waals surface area contributed by atoms with Crippen LogP contribution in [0, 0.1) is 26.7 Å². The number of likely N-dealkylation sites (tertiary alicyclic amines) is 1. The van der Waals surface area contributed by atoms with Crippen LogP contribution in [0.2, 0.25) is 0 Å². The minimum absolute atomic E-state index is 0.0448. The fraction of sp³-hybridized carbons (Fsp3) is 0.533. The largest absolute Gasteiger partial charge is 0.345 e. The zero-order valence-electron chi connectivity index (χ0n) is 12.9. The van der Waals surface area contributed by atoms with Crippen molar-refractivity contribution < 1.29 is 13.2 Å². The molecule has 0 radical (unpaired) electrons. The van der Waals surface area contributed by atoms with Gasteiger partial charge in [-0.1, -0.05) is 17.7 Å². The summed E-state index contributed by atoms with van der Waals surface area (Å²) in [4.78, 5) is 13.5. The number of carbonyl (C=O) groups excluding carboxylic acids is 1. The van der Waals surface area contributed by atoms with Gasteiger partial charge >= 0.3 is 0 Å². The minimum Gasteiger partial charge on any atom is -0.345 e. The Kier molecular flexibility index (Phi) is 4.39. The Morgan fingerprint density at radius 2 is 1.81 bits per heavy atom. The summed E-state index contributed by atoms with van der Waals surface area (Å²) in [5.41, 5.74) is 2.55. The summed E-state index contributed by atoms with van der Waals surface area (Å²) < 4.78 is 27.6. The van der Waals surface area contributed by atoms with E-state index in [-0.39, 0.29) is 11.8 Å². The van der Waals surface area contributed by atoms with Crippen molar-refractivity contribution in [1.82, 2.24) is 9.62 Å². The zero-order chi connectivity index (χ0) is 15.8. The van der Waals surface area contributed by atoms with Crippen molar-refractivity contribution in [1.29, 1.82) is 0 Å². The standard InChI is InChI=1S/C15H22N2O3S/c1-10-5-11(2)15(12(3)6-10)21(19,20)16-8-13-7-14(18)17(4)9-13/h5-6,13,16H,7-9H2,1-4H3. The van der Waals surface area contributed by atoms with Crippen LogP contribution in [-0.2, 0) is 14.8 Å². The van der Waals surface area contributed by atoms with Crippen LogP contribution in [0.1, 0.15) is 23.1 Å². The van der Waals surface area contributed by atoms with E-state index in [0.29, 0.717) is 24.4 Å². The molecule has 1 heterocycles. The molecule has 21 heavy (non-hydrogen) atoms. The van der Waals surface area contributed by atoms with E-state index in [1.807, 2.05) is 19.1 Å². The molecular formula is C15H22N2O3S. The van der Waals surface area contributed by atoms with Gasteiger partial charge in [-0.05, 0) is 37.8 Å². The first-order valence-corrected chi connectivity index (χ1v) is 8.50. The summed E-state index contributed by atoms with van der Waals surface area (Å²) in [5.74, 6) is 0.116. The molecule has 2 rings (SSSR count). The van der Waals surface area contributed by atoms with Gasteiger partial charge in [0.05, 0.1) is 4.90 Å². The summed E-state index contributed by atoms with van der Waals surface area (Å²) in [6, 6.07) is 3.74. The number of hydrogen-bond donors (Lipinski definition) is 1. The van der Waals surface area contributed by atoms with Gasteiger partial charge in [-0.25, -0.2) is 13.1 Å². The Hall–Kier alpha value is -1.40. The minimum atomic E-state index is -3.54. The third-order valence-electron chi connectivity index (χ3n) is 3.86. The molecule has 0 aliphatic carbocycles. The summed E-state index contributed by atoms with van der Waals surface area (Å²) in [6.45, 7) is 6.46. The van der Waals surface area contributed by atoms with Crippen molar-refractivity contribution in [3.05, 3.63) is 28.8 Å². The lowest BCUT2D eigenvalue weighted by Crippen LogP contribution is -2.31. The van der Waals surface area contributed by atoms with Crippen LogP contribution in [0.15, 0.2) is 17.0 Å². The van der Waals surface area contributed by atoms with Crippen molar-refractivity contribution in [3.8, 4) is 0 Å². The van der Waals surface area contributed by atoms with Crippen molar-refractivity contribution >= 4 is 15.9 Å². The predicted molar refractivity (Wildman–Crippen MR) is 81.6 cm³/mol. The summed E-state index contributed by atoms with van der Waals surface area (Å²) >= 11 is 0. The summed E-state index contributed by atoms with van der Waals surface area (Å²) in [7, 11) is -1.80. The molecule has 0 bridgehead atoms. The lowest BCUT2D eigenvalue weighted by molar-refractivity contribution is -0.126. The fourth-order valence-corrected chi connectivity index (χ4v) is 4.55. The Morgan fingerprint density at radius 3 is 2.29 bits per heavy atom. The van der Waals surface area contributed by atoms with Crippen LogP contribution in [0.3, 0.4) is 0 Å². The van der Waals surface area contributed by atoms with Crippen LogP contribution in [0.25, 0.3) is 0 Å². The normalized spacial score (nSPS) is 19.3. The van der Waals surface area contributed by atoms with E-state index in [1.54, 1.807) is 25.8 Å². The number of nitrogens with one attached hydrogen (secondary N) is 1. The van der Waals surface area contributed by atoms with Crippen molar-refractivity contribution in [2.45, 2.75) is 32.1 Å². The molecule has 1 aromatic rings. The Bertz CT molecular complexity index is 644. The van der Waals surface area contributed by atoms with E-state index < -0.39 is 10.0 Å². The van der Waals surface area contributed by atoms with Crippen LogP contribution in [0.4, 0.5) is 0 Å². The first-order chi connectivity index (χ1) is 9.70. The van der Waals surface area contributed by atoms with E-state index in [9.17, 15) is 13.2 Å². The number of nitrogens with zero attached hydrogens (tertiary/aromatic N) is 1. The van der Waals surface area contributed by atoms with Gasteiger partial charge in [0.1, 0.15) is 0 Å². The van der Waals surface area contributed by atoms with Gasteiger partial charge in [0, 0.05) is 26.6 Å². The highest BCUT2D eigenvalue weighted by atomic mass is 32.2. The highest BCUT2D eigenvalue weighted by Crippen LogP contribution is 2.22. The molecule has 1 saturated heterocycles. The van der Waals surface area contributed by atoms with Crippen molar-refractivity contribution in [2.75, 3.05) is 20.1 Å². The molecule has 0 aromatic heterocycles. The molecule has 0 saturated carbocycles. The maximum atomic E-state index is 12.5. The Morgan fingerprint density at radius 1 is 1.24 bits per heavy atom. The molecule has 5 nitrogen and oxygen atoms in total. The first kappa shape index (κ1) is 16.0. The van der Waals surface area contributed by atoms with Gasteiger partial charge in [-0.15, -0.1) is 0 Å². The molecule has 6 heteroatoms. The second-order valence-corrected chi connectivity index (χ2v) is 7.63. The topological polar surface area (TPSA) is 66.5 Å². The van der Waals surface area contributed by atoms with Gasteiger partial charge in [-0.2, -0.15) is 0 Å². The molecule has 1 aromatic carbocycles. The monoisotopic (exact) mass is 310 g/mol. The quantitative estimate of drug-likeness (QED) is 0.913. The second kappa shape index (κ2) is 5.77. The van der Waals surface area contributed by atoms with E-state index in [1.165, 1.54) is 0 Å². The number of hydrogen-bond acceptors (Lipinski definition) is 3. The lowest BCUT2D eigenvalue weighted by atomic mass is 10.1. The van der Waals surface area contributed by atoms with E-state index in [0.717, 1.165) is 16.7 Å². The van der Waals surface area contributed by atoms with Crippen LogP contribution >= 0.6 is 0 Å². The average Bonchev–Trinajstić information content (AvgIpc) is 2.65. The van der Waals surface area contributed by atoms with Crippen LogP contribution in [-0.4, -0.2) is 39.4 Å². The molecule has 1 N–H and O–H groups in total. The van der Waals surface area contributed by atoms with Gasteiger partial charge in [0.25, 0.3) is 0 Å². The molecular weight excluding hydrogens is 288 g/mol. The molecule has 1 atom stereocenters. The van der Waals surface area contributed by atoms with Crippen LogP contribution < -0.4 is 4.72 Å². The zero-order valence-corrected chi connectivity index (χ0v) is 13.8. The van der Waals surface area contributed by atoms with E-state index in [2.05, 4.69) is 4.72 Å².